The summed E-state index contributed by atoms with van der Waals surface area (Å²) in [6.45, 7) is 0.551. The lowest BCUT2D eigenvalue weighted by atomic mass is 9.90. The lowest BCUT2D eigenvalue weighted by Crippen LogP contribution is -2.56. The fraction of sp³-hybridized carbons (Fsp3) is 0.588. The van der Waals surface area contributed by atoms with Crippen LogP contribution in [0.1, 0.15) is 24.8 Å². The third-order valence-corrected chi connectivity index (χ3v) is 4.94. The molecular formula is C17H21F3N2O3. The largest absolute Gasteiger partial charge is 0.491 e. The summed E-state index contributed by atoms with van der Waals surface area (Å²) >= 11 is 0. The van der Waals surface area contributed by atoms with Crippen LogP contribution in [0.5, 0.6) is 5.75 Å². The minimum atomic E-state index is -4.45. The number of halogens is 3. The Balaban J connectivity index is 1.66. The number of likely N-dealkylation sites (tertiary alicyclic amines) is 1. The maximum atomic E-state index is 13.2. The van der Waals surface area contributed by atoms with Crippen molar-refractivity contribution in [3.05, 3.63) is 23.8 Å². The zero-order chi connectivity index (χ0) is 18.1. The normalized spacial score (nSPS) is 19.8. The fourth-order valence-electron chi connectivity index (χ4n) is 3.36. The van der Waals surface area contributed by atoms with E-state index in [1.165, 1.54) is 4.90 Å². The maximum Gasteiger partial charge on any atom is 0.417 e. The van der Waals surface area contributed by atoms with E-state index in [2.05, 4.69) is 5.32 Å². The van der Waals surface area contributed by atoms with E-state index in [0.717, 1.165) is 25.5 Å². The summed E-state index contributed by atoms with van der Waals surface area (Å²) in [4.78, 5) is 13.8. The SMILES string of the molecule is COC1(C(F)(F)F)CCN(C(=O)Nc2cccc3c2OCCC3)CC1. The molecule has 1 N–H and O–H groups in total. The summed E-state index contributed by atoms with van der Waals surface area (Å²) in [5.41, 5.74) is -0.585. The molecule has 1 aromatic carbocycles. The first-order chi connectivity index (χ1) is 11.9. The van der Waals surface area contributed by atoms with Gasteiger partial charge < -0.3 is 19.7 Å². The molecule has 8 heteroatoms. The molecular weight excluding hydrogens is 337 g/mol. The third-order valence-electron chi connectivity index (χ3n) is 4.94. The van der Waals surface area contributed by atoms with Crippen LogP contribution in [0.4, 0.5) is 23.7 Å². The predicted molar refractivity (Wildman–Crippen MR) is 85.9 cm³/mol. The summed E-state index contributed by atoms with van der Waals surface area (Å²) in [5, 5.41) is 2.76. The highest BCUT2D eigenvalue weighted by Crippen LogP contribution is 2.41. The van der Waals surface area contributed by atoms with Crippen LogP contribution in [0.3, 0.4) is 0 Å². The molecule has 0 atom stereocenters. The molecule has 2 amide bonds. The minimum Gasteiger partial charge on any atom is -0.491 e. The fourth-order valence-corrected chi connectivity index (χ4v) is 3.36. The van der Waals surface area contributed by atoms with E-state index in [1.54, 1.807) is 6.07 Å². The van der Waals surface area contributed by atoms with Crippen molar-refractivity contribution in [2.24, 2.45) is 0 Å². The van der Waals surface area contributed by atoms with Crippen LogP contribution in [0, 0.1) is 0 Å². The molecule has 1 saturated heterocycles. The second-order valence-corrected chi connectivity index (χ2v) is 6.36. The Hall–Kier alpha value is -1.96. The zero-order valence-corrected chi connectivity index (χ0v) is 14.0. The number of fused-ring (bicyclic) bond motifs is 1. The summed E-state index contributed by atoms with van der Waals surface area (Å²) in [6.07, 6.45) is -3.19. The Labute approximate surface area is 144 Å². The van der Waals surface area contributed by atoms with Gasteiger partial charge in [0.25, 0.3) is 0 Å². The van der Waals surface area contributed by atoms with E-state index in [9.17, 15) is 18.0 Å². The quantitative estimate of drug-likeness (QED) is 0.879. The molecule has 138 valence electrons. The lowest BCUT2D eigenvalue weighted by molar-refractivity contribution is -0.280. The molecule has 5 nitrogen and oxygen atoms in total. The van der Waals surface area contributed by atoms with Gasteiger partial charge >= 0.3 is 12.2 Å². The first kappa shape index (κ1) is 17.8. The summed E-state index contributed by atoms with van der Waals surface area (Å²) in [5.74, 6) is 0.653. The van der Waals surface area contributed by atoms with Gasteiger partial charge in [0, 0.05) is 33.0 Å². The van der Waals surface area contributed by atoms with Gasteiger partial charge in [-0.25, -0.2) is 4.79 Å². The molecule has 0 radical (unpaired) electrons. The molecule has 2 aliphatic rings. The van der Waals surface area contributed by atoms with E-state index in [-0.39, 0.29) is 25.9 Å². The topological polar surface area (TPSA) is 50.8 Å². The van der Waals surface area contributed by atoms with Crippen molar-refractivity contribution in [1.29, 1.82) is 0 Å². The van der Waals surface area contributed by atoms with Gasteiger partial charge in [-0.2, -0.15) is 13.2 Å². The number of methoxy groups -OCH3 is 1. The number of anilines is 1. The average molecular weight is 358 g/mol. The second-order valence-electron chi connectivity index (χ2n) is 6.36. The Morgan fingerprint density at radius 1 is 1.32 bits per heavy atom. The summed E-state index contributed by atoms with van der Waals surface area (Å²) < 4.78 is 50.0. The van der Waals surface area contributed by atoms with Gasteiger partial charge in [-0.05, 0) is 24.5 Å². The monoisotopic (exact) mass is 358 g/mol. The van der Waals surface area contributed by atoms with Crippen molar-refractivity contribution >= 4 is 11.7 Å². The van der Waals surface area contributed by atoms with Crippen LogP contribution in [-0.2, 0) is 11.2 Å². The number of carbonyl (C=O) groups is 1. The van der Waals surface area contributed by atoms with Crippen LogP contribution in [0.15, 0.2) is 18.2 Å². The molecule has 0 bridgehead atoms. The molecule has 1 fully saturated rings. The van der Waals surface area contributed by atoms with Crippen molar-refractivity contribution in [3.63, 3.8) is 0 Å². The standard InChI is InChI=1S/C17H21F3N2O3/c1-24-16(17(18,19)20)7-9-22(10-8-16)15(23)21-13-6-2-4-12-5-3-11-25-14(12)13/h2,4,6H,3,5,7-11H2,1H3,(H,21,23). The lowest BCUT2D eigenvalue weighted by Gasteiger charge is -2.41. The molecule has 2 aliphatic heterocycles. The third kappa shape index (κ3) is 3.40. The number of hydrogen-bond acceptors (Lipinski definition) is 3. The number of aryl methyl sites for hydroxylation is 1. The number of urea groups is 1. The molecule has 3 rings (SSSR count). The Morgan fingerprint density at radius 3 is 2.68 bits per heavy atom. The van der Waals surface area contributed by atoms with E-state index in [0.29, 0.717) is 18.0 Å². The van der Waals surface area contributed by atoms with E-state index in [1.807, 2.05) is 12.1 Å². The van der Waals surface area contributed by atoms with Crippen molar-refractivity contribution in [3.8, 4) is 5.75 Å². The number of alkyl halides is 3. The maximum absolute atomic E-state index is 13.2. The number of ether oxygens (including phenoxy) is 2. The van der Waals surface area contributed by atoms with Gasteiger partial charge in [0.05, 0.1) is 12.3 Å². The van der Waals surface area contributed by atoms with Gasteiger partial charge in [0.1, 0.15) is 5.75 Å². The van der Waals surface area contributed by atoms with Crippen LogP contribution in [0.2, 0.25) is 0 Å². The van der Waals surface area contributed by atoms with E-state index in [4.69, 9.17) is 9.47 Å². The molecule has 0 aliphatic carbocycles. The van der Waals surface area contributed by atoms with Crippen LogP contribution < -0.4 is 10.1 Å². The smallest absolute Gasteiger partial charge is 0.417 e. The van der Waals surface area contributed by atoms with Gasteiger partial charge in [-0.15, -0.1) is 0 Å². The minimum absolute atomic E-state index is 0.0188. The number of carbonyl (C=O) groups excluding carboxylic acids is 1. The molecule has 2 heterocycles. The Bertz CT molecular complexity index is 641. The highest BCUT2D eigenvalue weighted by molar-refractivity contribution is 5.91. The summed E-state index contributed by atoms with van der Waals surface area (Å²) in [6, 6.07) is 5.09. The molecule has 0 unspecified atom stereocenters. The van der Waals surface area contributed by atoms with Gasteiger partial charge in [0.2, 0.25) is 0 Å². The number of hydrogen-bond donors (Lipinski definition) is 1. The summed E-state index contributed by atoms with van der Waals surface area (Å²) in [7, 11) is 1.07. The zero-order valence-electron chi connectivity index (χ0n) is 14.0. The molecule has 25 heavy (non-hydrogen) atoms. The number of nitrogens with zero attached hydrogens (tertiary/aromatic N) is 1. The predicted octanol–water partition coefficient (Wildman–Crippen LogP) is 3.59. The highest BCUT2D eigenvalue weighted by Gasteiger charge is 2.56. The van der Waals surface area contributed by atoms with Crippen LogP contribution >= 0.6 is 0 Å². The first-order valence-electron chi connectivity index (χ1n) is 8.29. The Morgan fingerprint density at radius 2 is 2.04 bits per heavy atom. The van der Waals surface area contributed by atoms with Crippen molar-refractivity contribution in [1.82, 2.24) is 4.90 Å². The van der Waals surface area contributed by atoms with Gasteiger partial charge in [-0.1, -0.05) is 12.1 Å². The van der Waals surface area contributed by atoms with Crippen molar-refractivity contribution < 1.29 is 27.4 Å². The van der Waals surface area contributed by atoms with Crippen LogP contribution in [-0.4, -0.2) is 49.5 Å². The number of para-hydroxylation sites is 1. The molecule has 1 aromatic rings. The second kappa shape index (κ2) is 6.74. The average Bonchev–Trinajstić information content (AvgIpc) is 2.61. The van der Waals surface area contributed by atoms with E-state index < -0.39 is 17.8 Å². The molecule has 0 saturated carbocycles. The Kier molecular flexibility index (Phi) is 4.81. The van der Waals surface area contributed by atoms with E-state index >= 15 is 0 Å². The first-order valence-corrected chi connectivity index (χ1v) is 8.29. The molecule has 0 spiro atoms. The van der Waals surface area contributed by atoms with Crippen LogP contribution in [0.25, 0.3) is 0 Å². The number of benzene rings is 1. The van der Waals surface area contributed by atoms with Crippen molar-refractivity contribution in [2.75, 3.05) is 32.1 Å². The van der Waals surface area contributed by atoms with Gasteiger partial charge in [-0.3, -0.25) is 0 Å². The van der Waals surface area contributed by atoms with Gasteiger partial charge in [0.15, 0.2) is 5.60 Å². The van der Waals surface area contributed by atoms with Crippen molar-refractivity contribution in [2.45, 2.75) is 37.5 Å². The number of rotatable bonds is 2. The highest BCUT2D eigenvalue weighted by atomic mass is 19.4. The number of nitrogens with one attached hydrogen (secondary N) is 1. The number of amides is 2. The molecule has 0 aromatic heterocycles. The number of piperidine rings is 1.